The summed E-state index contributed by atoms with van der Waals surface area (Å²) in [4.78, 5) is 0. The summed E-state index contributed by atoms with van der Waals surface area (Å²) < 4.78 is 94.8. The third-order valence-corrected chi connectivity index (χ3v) is 0. The Labute approximate surface area is 101 Å². The predicted octanol–water partition coefficient (Wildman–Crippen LogP) is -1.96. The zero-order chi connectivity index (χ0) is 13.5. The van der Waals surface area contributed by atoms with Gasteiger partial charge in [0.25, 0.3) is 0 Å². The molecule has 1 radical (unpaired) electrons. The molecule has 0 aliphatic heterocycles. The van der Waals surface area contributed by atoms with Crippen LogP contribution in [0.5, 0.6) is 0 Å². The SMILES string of the molecule is O=S(=O)(O)O.O=S(=O)(O)O.O=S(=O)(O)O.[Mn]. The van der Waals surface area contributed by atoms with Gasteiger partial charge in [-0.2, -0.15) is 25.3 Å². The summed E-state index contributed by atoms with van der Waals surface area (Å²) >= 11 is 0. The molecular formula is H6MnO12S3. The molecule has 6 N–H and O–H groups in total. The minimum absolute atomic E-state index is 0. The number of rotatable bonds is 0. The van der Waals surface area contributed by atoms with E-state index in [1.54, 1.807) is 0 Å². The van der Waals surface area contributed by atoms with Crippen LogP contribution in [0.15, 0.2) is 0 Å². The second-order valence-electron chi connectivity index (χ2n) is 1.34. The fourth-order valence-corrected chi connectivity index (χ4v) is 0. The molecule has 12 nitrogen and oxygen atoms in total. The van der Waals surface area contributed by atoms with Crippen LogP contribution in [0.1, 0.15) is 0 Å². The molecule has 0 rings (SSSR count). The van der Waals surface area contributed by atoms with Crippen LogP contribution in [0.2, 0.25) is 0 Å². The summed E-state index contributed by atoms with van der Waals surface area (Å²) in [6.45, 7) is 0. The second-order valence-corrected chi connectivity index (χ2v) is 4.03. The van der Waals surface area contributed by atoms with Crippen molar-refractivity contribution in [3.05, 3.63) is 0 Å². The summed E-state index contributed by atoms with van der Waals surface area (Å²) in [5.74, 6) is 0. The predicted molar refractivity (Wildman–Crippen MR) is 42.5 cm³/mol. The second kappa shape index (κ2) is 9.19. The van der Waals surface area contributed by atoms with Crippen LogP contribution in [-0.4, -0.2) is 52.6 Å². The maximum Gasteiger partial charge on any atom is 0.394 e. The van der Waals surface area contributed by atoms with Gasteiger partial charge in [-0.3, -0.25) is 27.3 Å². The molecule has 0 spiro atoms. The Hall–Kier alpha value is 0.129. The van der Waals surface area contributed by atoms with E-state index >= 15 is 0 Å². The number of hydrogen-bond donors (Lipinski definition) is 6. The van der Waals surface area contributed by atoms with Crippen molar-refractivity contribution in [1.29, 1.82) is 0 Å². The molecule has 0 aliphatic carbocycles. The fraction of sp³-hybridized carbons (Fsp3) is 0. The van der Waals surface area contributed by atoms with Crippen LogP contribution >= 0.6 is 0 Å². The molecule has 0 bridgehead atoms. The fourth-order valence-electron chi connectivity index (χ4n) is 0. The first-order valence-corrected chi connectivity index (χ1v) is 6.29. The van der Waals surface area contributed by atoms with Gasteiger partial charge in [-0.25, -0.2) is 0 Å². The third kappa shape index (κ3) is 145000. The molecular weight excluding hydrogens is 343 g/mol. The summed E-state index contributed by atoms with van der Waals surface area (Å²) in [5, 5.41) is 0. The maximum atomic E-state index is 8.74. The normalized spacial score (nSPS) is 10.9. The van der Waals surface area contributed by atoms with Gasteiger partial charge < -0.3 is 0 Å². The number of hydrogen-bond acceptors (Lipinski definition) is 6. The van der Waals surface area contributed by atoms with Crippen molar-refractivity contribution in [1.82, 2.24) is 0 Å². The molecule has 0 fully saturated rings. The average Bonchev–Trinajstić information content (AvgIpc) is 1.41. The zero-order valence-electron chi connectivity index (χ0n) is 6.74. The van der Waals surface area contributed by atoms with E-state index in [2.05, 4.69) is 0 Å². The van der Waals surface area contributed by atoms with Crippen LogP contribution in [0.4, 0.5) is 0 Å². The molecule has 0 aromatic carbocycles. The third-order valence-electron chi connectivity index (χ3n) is 0. The zero-order valence-corrected chi connectivity index (χ0v) is 10.4. The van der Waals surface area contributed by atoms with E-state index in [-0.39, 0.29) is 17.1 Å². The van der Waals surface area contributed by atoms with E-state index in [1.165, 1.54) is 0 Å². The van der Waals surface area contributed by atoms with E-state index in [0.717, 1.165) is 0 Å². The summed E-state index contributed by atoms with van der Waals surface area (Å²) in [7, 11) is -14.0. The Bertz CT molecular complexity index is 337. The summed E-state index contributed by atoms with van der Waals surface area (Å²) in [6.07, 6.45) is 0. The minimum atomic E-state index is -4.67. The van der Waals surface area contributed by atoms with E-state index in [1.807, 2.05) is 0 Å². The molecule has 0 heterocycles. The van der Waals surface area contributed by atoms with E-state index in [9.17, 15) is 0 Å². The van der Waals surface area contributed by atoms with Crippen LogP contribution in [0, 0.1) is 0 Å². The van der Waals surface area contributed by atoms with Crippen LogP contribution in [-0.2, 0) is 48.3 Å². The molecule has 0 atom stereocenters. The van der Waals surface area contributed by atoms with Crippen molar-refractivity contribution in [3.8, 4) is 0 Å². The largest absolute Gasteiger partial charge is 0.394 e. The van der Waals surface area contributed by atoms with Gasteiger partial charge in [-0.15, -0.1) is 0 Å². The molecule has 0 unspecified atom stereocenters. The van der Waals surface area contributed by atoms with Crippen molar-refractivity contribution in [2.75, 3.05) is 0 Å². The van der Waals surface area contributed by atoms with Crippen LogP contribution in [0.25, 0.3) is 0 Å². The molecule has 0 aliphatic rings. The summed E-state index contributed by atoms with van der Waals surface area (Å²) in [5.41, 5.74) is 0. The molecule has 0 saturated carbocycles. The van der Waals surface area contributed by atoms with Crippen molar-refractivity contribution >= 4 is 31.2 Å². The van der Waals surface area contributed by atoms with Gasteiger partial charge in [0.15, 0.2) is 0 Å². The quantitative estimate of drug-likeness (QED) is 0.207. The molecule has 0 aromatic rings. The van der Waals surface area contributed by atoms with Gasteiger partial charge in [-0.05, 0) is 0 Å². The molecule has 16 heteroatoms. The van der Waals surface area contributed by atoms with Gasteiger partial charge in [0.05, 0.1) is 0 Å². The molecule has 0 saturated heterocycles. The van der Waals surface area contributed by atoms with Gasteiger partial charge >= 0.3 is 31.2 Å². The first-order valence-electron chi connectivity index (χ1n) is 2.10. The van der Waals surface area contributed by atoms with Crippen molar-refractivity contribution in [3.63, 3.8) is 0 Å². The molecule has 16 heavy (non-hydrogen) atoms. The van der Waals surface area contributed by atoms with Crippen LogP contribution < -0.4 is 0 Å². The first-order chi connectivity index (χ1) is 6.00. The van der Waals surface area contributed by atoms with E-state index in [0.29, 0.717) is 0 Å². The monoisotopic (exact) mass is 349 g/mol. The topological polar surface area (TPSA) is 224 Å². The molecule has 0 amide bonds. The van der Waals surface area contributed by atoms with Crippen molar-refractivity contribution in [2.45, 2.75) is 0 Å². The Morgan fingerprint density at radius 1 is 0.438 bits per heavy atom. The Morgan fingerprint density at radius 2 is 0.438 bits per heavy atom. The minimum Gasteiger partial charge on any atom is -0.264 e. The van der Waals surface area contributed by atoms with Gasteiger partial charge in [0, 0.05) is 17.1 Å². The molecule has 0 aromatic heterocycles. The Kier molecular flexibility index (Phi) is 14.4. The maximum absolute atomic E-state index is 8.74. The van der Waals surface area contributed by atoms with Gasteiger partial charge in [-0.1, -0.05) is 0 Å². The standard InChI is InChI=1S/Mn.3H2O4S/c;3*1-5(2,3)4/h;3*(H2,1,2,3,4). The Morgan fingerprint density at radius 3 is 0.438 bits per heavy atom. The summed E-state index contributed by atoms with van der Waals surface area (Å²) in [6, 6.07) is 0. The van der Waals surface area contributed by atoms with Crippen LogP contribution in [0.3, 0.4) is 0 Å². The molecule has 103 valence electrons. The Balaban J connectivity index is -0.0000000655. The van der Waals surface area contributed by atoms with Crippen molar-refractivity contribution in [2.24, 2.45) is 0 Å². The van der Waals surface area contributed by atoms with Gasteiger partial charge in [0.1, 0.15) is 0 Å². The van der Waals surface area contributed by atoms with Crippen molar-refractivity contribution < 1.29 is 69.6 Å². The van der Waals surface area contributed by atoms with E-state index in [4.69, 9.17) is 52.6 Å². The van der Waals surface area contributed by atoms with Gasteiger partial charge in [0.2, 0.25) is 0 Å². The first kappa shape index (κ1) is 25.1. The smallest absolute Gasteiger partial charge is 0.264 e. The average molecular weight is 349 g/mol. The van der Waals surface area contributed by atoms with E-state index < -0.39 is 31.2 Å².